The zero-order chi connectivity index (χ0) is 14.9. The second-order valence-corrected chi connectivity index (χ2v) is 6.06. The predicted molar refractivity (Wildman–Crippen MR) is 77.7 cm³/mol. The van der Waals surface area contributed by atoms with Gasteiger partial charge in [-0.3, -0.25) is 9.48 Å². The lowest BCUT2D eigenvalue weighted by Gasteiger charge is -2.25. The first-order valence-electron chi connectivity index (χ1n) is 7.45. The highest BCUT2D eigenvalue weighted by Gasteiger charge is 2.31. The molecule has 1 aromatic rings. The molecule has 1 amide bonds. The van der Waals surface area contributed by atoms with Crippen molar-refractivity contribution in [1.82, 2.24) is 14.7 Å². The molecule has 5 heteroatoms. The number of aliphatic hydroxyl groups excluding tert-OH is 1. The van der Waals surface area contributed by atoms with Gasteiger partial charge in [0.2, 0.25) is 0 Å². The molecule has 0 radical (unpaired) electrons. The molecular formula is C15H25N3O2. The van der Waals surface area contributed by atoms with Crippen LogP contribution in [-0.4, -0.2) is 44.4 Å². The van der Waals surface area contributed by atoms with Crippen molar-refractivity contribution in [3.05, 3.63) is 17.5 Å². The van der Waals surface area contributed by atoms with Crippen molar-refractivity contribution in [3.8, 4) is 0 Å². The zero-order valence-corrected chi connectivity index (χ0v) is 12.8. The summed E-state index contributed by atoms with van der Waals surface area (Å²) in [6.45, 7) is 8.62. The van der Waals surface area contributed by atoms with Crippen LogP contribution in [0.2, 0.25) is 0 Å². The number of carbonyl (C=O) groups excluding carboxylic acids is 1. The van der Waals surface area contributed by atoms with Crippen molar-refractivity contribution in [1.29, 1.82) is 0 Å². The summed E-state index contributed by atoms with van der Waals surface area (Å²) in [4.78, 5) is 14.6. The number of amides is 1. The largest absolute Gasteiger partial charge is 0.393 e. The molecule has 1 aliphatic rings. The molecule has 1 N–H and O–H groups in total. The van der Waals surface area contributed by atoms with Crippen LogP contribution in [0, 0.1) is 6.92 Å². The SMILES string of the molecule is Cc1c(C(=O)N2CCCC2CC(C)O)cnn1C(C)C. The van der Waals surface area contributed by atoms with Gasteiger partial charge in [-0.05, 0) is 47.0 Å². The van der Waals surface area contributed by atoms with Gasteiger partial charge in [0.15, 0.2) is 0 Å². The van der Waals surface area contributed by atoms with Crippen LogP contribution in [0.3, 0.4) is 0 Å². The summed E-state index contributed by atoms with van der Waals surface area (Å²) >= 11 is 0. The molecule has 5 nitrogen and oxygen atoms in total. The monoisotopic (exact) mass is 279 g/mol. The number of aliphatic hydroxyl groups is 1. The Morgan fingerprint density at radius 1 is 1.50 bits per heavy atom. The molecule has 0 saturated carbocycles. The Labute approximate surface area is 120 Å². The van der Waals surface area contributed by atoms with Crippen LogP contribution in [0.25, 0.3) is 0 Å². The van der Waals surface area contributed by atoms with Gasteiger partial charge < -0.3 is 10.0 Å². The Morgan fingerprint density at radius 3 is 2.75 bits per heavy atom. The molecule has 2 atom stereocenters. The molecule has 0 aliphatic carbocycles. The van der Waals surface area contributed by atoms with Gasteiger partial charge in [-0.25, -0.2) is 0 Å². The lowest BCUT2D eigenvalue weighted by atomic mass is 10.1. The van der Waals surface area contributed by atoms with Crippen LogP contribution in [0.15, 0.2) is 6.20 Å². The molecule has 1 saturated heterocycles. The van der Waals surface area contributed by atoms with E-state index in [0.29, 0.717) is 12.0 Å². The van der Waals surface area contributed by atoms with Crippen LogP contribution in [-0.2, 0) is 0 Å². The molecule has 1 aliphatic heterocycles. The van der Waals surface area contributed by atoms with Gasteiger partial charge in [-0.15, -0.1) is 0 Å². The van der Waals surface area contributed by atoms with E-state index in [1.54, 1.807) is 13.1 Å². The number of carbonyl (C=O) groups is 1. The smallest absolute Gasteiger partial charge is 0.257 e. The van der Waals surface area contributed by atoms with E-state index in [4.69, 9.17) is 0 Å². The molecule has 2 rings (SSSR count). The minimum Gasteiger partial charge on any atom is -0.393 e. The van der Waals surface area contributed by atoms with Gasteiger partial charge in [0.25, 0.3) is 5.91 Å². The van der Waals surface area contributed by atoms with E-state index in [9.17, 15) is 9.90 Å². The first kappa shape index (κ1) is 15.0. The van der Waals surface area contributed by atoms with E-state index in [1.807, 2.05) is 16.5 Å². The van der Waals surface area contributed by atoms with Crippen LogP contribution in [0.1, 0.15) is 62.1 Å². The highest BCUT2D eigenvalue weighted by Crippen LogP contribution is 2.25. The van der Waals surface area contributed by atoms with E-state index in [-0.39, 0.29) is 24.1 Å². The maximum Gasteiger partial charge on any atom is 0.257 e. The molecule has 0 bridgehead atoms. The zero-order valence-electron chi connectivity index (χ0n) is 12.8. The molecule has 20 heavy (non-hydrogen) atoms. The van der Waals surface area contributed by atoms with Gasteiger partial charge in [-0.1, -0.05) is 0 Å². The van der Waals surface area contributed by atoms with E-state index in [2.05, 4.69) is 18.9 Å². The summed E-state index contributed by atoms with van der Waals surface area (Å²) in [7, 11) is 0. The second kappa shape index (κ2) is 5.95. The number of hydrogen-bond acceptors (Lipinski definition) is 3. The van der Waals surface area contributed by atoms with E-state index < -0.39 is 0 Å². The quantitative estimate of drug-likeness (QED) is 0.918. The molecule has 1 fully saturated rings. The minimum absolute atomic E-state index is 0.0533. The molecule has 112 valence electrons. The van der Waals surface area contributed by atoms with Crippen LogP contribution in [0.5, 0.6) is 0 Å². The summed E-state index contributed by atoms with van der Waals surface area (Å²) in [5, 5.41) is 13.9. The lowest BCUT2D eigenvalue weighted by molar-refractivity contribution is 0.0681. The van der Waals surface area contributed by atoms with Crippen molar-refractivity contribution < 1.29 is 9.90 Å². The maximum atomic E-state index is 12.7. The molecule has 0 aromatic carbocycles. The third kappa shape index (κ3) is 2.87. The van der Waals surface area contributed by atoms with Crippen LogP contribution < -0.4 is 0 Å². The number of likely N-dealkylation sites (tertiary alicyclic amines) is 1. The van der Waals surface area contributed by atoms with Crippen molar-refractivity contribution in [2.75, 3.05) is 6.54 Å². The molecule has 2 heterocycles. The van der Waals surface area contributed by atoms with Crippen LogP contribution in [0.4, 0.5) is 0 Å². The predicted octanol–water partition coefficient (Wildman–Crippen LogP) is 2.15. The molecule has 0 spiro atoms. The Kier molecular flexibility index (Phi) is 4.48. The van der Waals surface area contributed by atoms with Gasteiger partial charge in [0, 0.05) is 24.3 Å². The fourth-order valence-corrected chi connectivity index (χ4v) is 3.05. The lowest BCUT2D eigenvalue weighted by Crippen LogP contribution is -2.37. The summed E-state index contributed by atoms with van der Waals surface area (Å²) in [6.07, 6.45) is 3.96. The number of rotatable bonds is 4. The van der Waals surface area contributed by atoms with Gasteiger partial charge in [0.05, 0.1) is 17.9 Å². The summed E-state index contributed by atoms with van der Waals surface area (Å²) in [5.74, 6) is 0.0533. The summed E-state index contributed by atoms with van der Waals surface area (Å²) in [5.41, 5.74) is 1.61. The third-order valence-electron chi connectivity index (χ3n) is 4.02. The highest BCUT2D eigenvalue weighted by atomic mass is 16.3. The Hall–Kier alpha value is -1.36. The number of hydrogen-bond donors (Lipinski definition) is 1. The highest BCUT2D eigenvalue weighted by molar-refractivity contribution is 5.95. The first-order chi connectivity index (χ1) is 9.41. The number of nitrogens with zero attached hydrogens (tertiary/aromatic N) is 3. The Balaban J connectivity index is 2.18. The Morgan fingerprint density at radius 2 is 2.20 bits per heavy atom. The van der Waals surface area contributed by atoms with Crippen molar-refractivity contribution >= 4 is 5.91 Å². The standard InChI is InChI=1S/C15H25N3O2/c1-10(2)18-12(4)14(9-16-18)15(20)17-7-5-6-13(17)8-11(3)19/h9-11,13,19H,5-8H2,1-4H3. The summed E-state index contributed by atoms with van der Waals surface area (Å²) < 4.78 is 1.88. The number of aromatic nitrogens is 2. The van der Waals surface area contributed by atoms with Crippen molar-refractivity contribution in [3.63, 3.8) is 0 Å². The normalized spacial score (nSPS) is 20.7. The minimum atomic E-state index is -0.368. The van der Waals surface area contributed by atoms with Crippen molar-refractivity contribution in [2.24, 2.45) is 0 Å². The third-order valence-corrected chi connectivity index (χ3v) is 4.02. The van der Waals surface area contributed by atoms with Gasteiger partial charge in [-0.2, -0.15) is 5.10 Å². The topological polar surface area (TPSA) is 58.4 Å². The fourth-order valence-electron chi connectivity index (χ4n) is 3.05. The average molecular weight is 279 g/mol. The van der Waals surface area contributed by atoms with E-state index in [1.165, 1.54) is 0 Å². The Bertz CT molecular complexity index is 479. The molecular weight excluding hydrogens is 254 g/mol. The van der Waals surface area contributed by atoms with Gasteiger partial charge >= 0.3 is 0 Å². The van der Waals surface area contributed by atoms with E-state index in [0.717, 1.165) is 25.1 Å². The fraction of sp³-hybridized carbons (Fsp3) is 0.733. The maximum absolute atomic E-state index is 12.7. The molecule has 2 unspecified atom stereocenters. The van der Waals surface area contributed by atoms with Crippen molar-refractivity contribution in [2.45, 2.75) is 65.1 Å². The second-order valence-electron chi connectivity index (χ2n) is 6.06. The van der Waals surface area contributed by atoms with E-state index >= 15 is 0 Å². The van der Waals surface area contributed by atoms with Crippen LogP contribution >= 0.6 is 0 Å². The summed E-state index contributed by atoms with van der Waals surface area (Å²) in [6, 6.07) is 0.410. The average Bonchev–Trinajstić information content (AvgIpc) is 2.94. The first-order valence-corrected chi connectivity index (χ1v) is 7.45. The molecule has 1 aromatic heterocycles. The van der Waals surface area contributed by atoms with Gasteiger partial charge in [0.1, 0.15) is 0 Å².